The summed E-state index contributed by atoms with van der Waals surface area (Å²) in [6.45, 7) is -0.788. The first-order valence-electron chi connectivity index (χ1n) is 9.56. The Morgan fingerprint density at radius 1 is 1.21 bits per heavy atom. The van der Waals surface area contributed by atoms with Crippen molar-refractivity contribution < 1.29 is 18.7 Å². The van der Waals surface area contributed by atoms with Crippen molar-refractivity contribution in [2.24, 2.45) is 0 Å². The number of anilines is 1. The molecular formula is C22H17Cl2F2N5O2. The molecule has 1 amide bonds. The molecule has 0 spiro atoms. The standard InChI is InChI=1S/C22H17Cl2F2N5O2/c23-15-4-5-16(24)14(7-15)11-29-20(32)9-17-21(33)13(10-27)8-19(31-17)30-12-22(25,26)18-3-1-2-6-28-18/h1-8,33H,9,11-12H2,(H,29,32)(H,30,31). The van der Waals surface area contributed by atoms with E-state index in [9.17, 15) is 23.9 Å². The van der Waals surface area contributed by atoms with Crippen LogP contribution in [0.4, 0.5) is 14.6 Å². The van der Waals surface area contributed by atoms with Crippen molar-refractivity contribution >= 4 is 34.9 Å². The van der Waals surface area contributed by atoms with Crippen LogP contribution >= 0.6 is 23.2 Å². The van der Waals surface area contributed by atoms with Gasteiger partial charge in [0.1, 0.15) is 17.6 Å². The summed E-state index contributed by atoms with van der Waals surface area (Å²) in [5, 5.41) is 25.4. The molecule has 0 atom stereocenters. The Hall–Kier alpha value is -3.48. The minimum Gasteiger partial charge on any atom is -0.505 e. The van der Waals surface area contributed by atoms with Crippen molar-refractivity contribution in [1.29, 1.82) is 5.26 Å². The highest BCUT2D eigenvalue weighted by molar-refractivity contribution is 6.33. The van der Waals surface area contributed by atoms with Gasteiger partial charge in [-0.15, -0.1) is 0 Å². The SMILES string of the molecule is N#Cc1cc(NCC(F)(F)c2ccccn2)nc(CC(=O)NCc2cc(Cl)ccc2Cl)c1O. The zero-order chi connectivity index (χ0) is 24.0. The van der Waals surface area contributed by atoms with E-state index in [1.54, 1.807) is 24.3 Å². The van der Waals surface area contributed by atoms with E-state index < -0.39 is 36.2 Å². The van der Waals surface area contributed by atoms with Crippen LogP contribution in [0.2, 0.25) is 10.0 Å². The van der Waals surface area contributed by atoms with E-state index >= 15 is 0 Å². The number of halogens is 4. The Morgan fingerprint density at radius 2 is 2.00 bits per heavy atom. The maximum absolute atomic E-state index is 14.4. The molecule has 0 aliphatic carbocycles. The van der Waals surface area contributed by atoms with Gasteiger partial charge in [0.15, 0.2) is 5.75 Å². The zero-order valence-electron chi connectivity index (χ0n) is 16.9. The fraction of sp³-hybridized carbons (Fsp3) is 0.182. The topological polar surface area (TPSA) is 111 Å². The van der Waals surface area contributed by atoms with Gasteiger partial charge in [-0.05, 0) is 35.9 Å². The van der Waals surface area contributed by atoms with Gasteiger partial charge in [-0.25, -0.2) is 4.98 Å². The molecule has 33 heavy (non-hydrogen) atoms. The average Bonchev–Trinajstić information content (AvgIpc) is 2.80. The molecular weight excluding hydrogens is 475 g/mol. The van der Waals surface area contributed by atoms with Gasteiger partial charge in [0.05, 0.1) is 24.2 Å². The molecule has 1 aromatic carbocycles. The third kappa shape index (κ3) is 6.28. The van der Waals surface area contributed by atoms with Crippen LogP contribution in [0.3, 0.4) is 0 Å². The van der Waals surface area contributed by atoms with E-state index in [4.69, 9.17) is 23.2 Å². The molecule has 0 saturated carbocycles. The molecule has 3 aromatic rings. The van der Waals surface area contributed by atoms with Crippen molar-refractivity contribution in [2.45, 2.75) is 18.9 Å². The Labute approximate surface area is 198 Å². The van der Waals surface area contributed by atoms with E-state index in [0.717, 1.165) is 6.07 Å². The van der Waals surface area contributed by atoms with Gasteiger partial charge < -0.3 is 15.7 Å². The maximum atomic E-state index is 14.4. The van der Waals surface area contributed by atoms with Crippen LogP contribution in [0, 0.1) is 11.3 Å². The van der Waals surface area contributed by atoms with Crippen molar-refractivity contribution in [3.05, 3.63) is 81.2 Å². The number of carbonyl (C=O) groups is 1. The number of carbonyl (C=O) groups excluding carboxylic acids is 1. The van der Waals surface area contributed by atoms with Crippen LogP contribution in [0.1, 0.15) is 22.5 Å². The molecule has 0 aliphatic heterocycles. The largest absolute Gasteiger partial charge is 0.505 e. The predicted molar refractivity (Wildman–Crippen MR) is 119 cm³/mol. The number of rotatable bonds is 8. The second-order valence-electron chi connectivity index (χ2n) is 6.92. The lowest BCUT2D eigenvalue weighted by Crippen LogP contribution is -2.27. The number of pyridine rings is 2. The quantitative estimate of drug-likeness (QED) is 0.429. The number of aromatic nitrogens is 2. The minimum absolute atomic E-state index is 0.0678. The number of hydrogen-bond donors (Lipinski definition) is 3. The number of amides is 1. The second kappa shape index (κ2) is 10.4. The third-order valence-electron chi connectivity index (χ3n) is 4.53. The number of alkyl halides is 2. The summed E-state index contributed by atoms with van der Waals surface area (Å²) < 4.78 is 28.8. The minimum atomic E-state index is -3.32. The average molecular weight is 492 g/mol. The molecule has 0 radical (unpaired) electrons. The summed E-state index contributed by atoms with van der Waals surface area (Å²) in [6.07, 6.45) is 0.855. The fourth-order valence-electron chi connectivity index (χ4n) is 2.85. The Bertz CT molecular complexity index is 1200. The number of benzene rings is 1. The first kappa shape index (κ1) is 24.2. The van der Waals surface area contributed by atoms with E-state index in [-0.39, 0.29) is 23.6 Å². The number of nitrogens with one attached hydrogen (secondary N) is 2. The van der Waals surface area contributed by atoms with Crippen LogP contribution in [0.15, 0.2) is 48.7 Å². The van der Waals surface area contributed by atoms with E-state index in [1.165, 1.54) is 24.4 Å². The van der Waals surface area contributed by atoms with Crippen LogP contribution in [-0.2, 0) is 23.7 Å². The van der Waals surface area contributed by atoms with E-state index in [2.05, 4.69) is 20.6 Å². The third-order valence-corrected chi connectivity index (χ3v) is 5.13. The smallest absolute Gasteiger partial charge is 0.306 e. The van der Waals surface area contributed by atoms with Crippen molar-refractivity contribution in [1.82, 2.24) is 15.3 Å². The summed E-state index contributed by atoms with van der Waals surface area (Å²) >= 11 is 12.0. The van der Waals surface area contributed by atoms with Crippen LogP contribution in [0.5, 0.6) is 5.75 Å². The molecule has 0 bridgehead atoms. The van der Waals surface area contributed by atoms with Gasteiger partial charge in [-0.2, -0.15) is 14.0 Å². The zero-order valence-corrected chi connectivity index (χ0v) is 18.5. The van der Waals surface area contributed by atoms with Gasteiger partial charge in [-0.1, -0.05) is 29.3 Å². The van der Waals surface area contributed by atoms with Crippen LogP contribution in [0.25, 0.3) is 0 Å². The van der Waals surface area contributed by atoms with Gasteiger partial charge in [0.2, 0.25) is 5.91 Å². The lowest BCUT2D eigenvalue weighted by atomic mass is 10.1. The molecule has 0 unspecified atom stereocenters. The Kier molecular flexibility index (Phi) is 7.63. The molecule has 2 aromatic heterocycles. The van der Waals surface area contributed by atoms with Crippen LogP contribution < -0.4 is 10.6 Å². The summed E-state index contributed by atoms with van der Waals surface area (Å²) in [5.41, 5.74) is -0.211. The number of nitrogens with zero attached hydrogens (tertiary/aromatic N) is 3. The summed E-state index contributed by atoms with van der Waals surface area (Å²) in [5.74, 6) is -4.45. The lowest BCUT2D eigenvalue weighted by Gasteiger charge is -2.17. The highest BCUT2D eigenvalue weighted by Crippen LogP contribution is 2.28. The molecule has 2 heterocycles. The molecule has 0 saturated heterocycles. The number of nitriles is 1. The highest BCUT2D eigenvalue weighted by atomic mass is 35.5. The van der Waals surface area contributed by atoms with Gasteiger partial charge >= 0.3 is 5.92 Å². The second-order valence-corrected chi connectivity index (χ2v) is 7.77. The van der Waals surface area contributed by atoms with E-state index in [0.29, 0.717) is 15.6 Å². The van der Waals surface area contributed by atoms with E-state index in [1.807, 2.05) is 0 Å². The monoisotopic (exact) mass is 491 g/mol. The maximum Gasteiger partial charge on any atom is 0.306 e. The molecule has 170 valence electrons. The van der Waals surface area contributed by atoms with Crippen molar-refractivity contribution in [2.75, 3.05) is 11.9 Å². The first-order chi connectivity index (χ1) is 15.7. The lowest BCUT2D eigenvalue weighted by molar-refractivity contribution is -0.120. The predicted octanol–water partition coefficient (Wildman–Crippen LogP) is 4.42. The van der Waals surface area contributed by atoms with Gasteiger partial charge in [0, 0.05) is 28.9 Å². The van der Waals surface area contributed by atoms with Crippen LogP contribution in [-0.4, -0.2) is 27.5 Å². The normalized spacial score (nSPS) is 11.0. The Morgan fingerprint density at radius 3 is 2.70 bits per heavy atom. The molecule has 7 nitrogen and oxygen atoms in total. The first-order valence-corrected chi connectivity index (χ1v) is 10.3. The van der Waals surface area contributed by atoms with Crippen molar-refractivity contribution in [3.63, 3.8) is 0 Å². The number of hydrogen-bond acceptors (Lipinski definition) is 6. The number of aromatic hydroxyl groups is 1. The highest BCUT2D eigenvalue weighted by Gasteiger charge is 2.33. The molecule has 3 rings (SSSR count). The summed E-state index contributed by atoms with van der Waals surface area (Å²) in [4.78, 5) is 20.1. The summed E-state index contributed by atoms with van der Waals surface area (Å²) in [7, 11) is 0. The molecule has 0 fully saturated rings. The molecule has 0 aliphatic rings. The van der Waals surface area contributed by atoms with Gasteiger partial charge in [-0.3, -0.25) is 9.78 Å². The van der Waals surface area contributed by atoms with Crippen molar-refractivity contribution in [3.8, 4) is 11.8 Å². The Balaban J connectivity index is 1.71. The molecule has 3 N–H and O–H groups in total. The molecule has 11 heteroatoms. The van der Waals surface area contributed by atoms with Gasteiger partial charge in [0.25, 0.3) is 0 Å². The fourth-order valence-corrected chi connectivity index (χ4v) is 3.23. The summed E-state index contributed by atoms with van der Waals surface area (Å²) in [6, 6.07) is 11.8.